The number of oxazole rings is 1. The Morgan fingerprint density at radius 2 is 1.97 bits per heavy atom. The first-order valence-corrected chi connectivity index (χ1v) is 9.17. The number of phenols is 1. The lowest BCUT2D eigenvalue weighted by Gasteiger charge is -2.17. The summed E-state index contributed by atoms with van der Waals surface area (Å²) in [5.74, 6) is -0.269. The molecule has 4 rings (SSSR count). The van der Waals surface area contributed by atoms with Crippen LogP contribution in [0, 0.1) is 0 Å². The van der Waals surface area contributed by atoms with Crippen molar-refractivity contribution in [1.29, 1.82) is 0 Å². The van der Waals surface area contributed by atoms with Gasteiger partial charge >= 0.3 is 0 Å². The van der Waals surface area contributed by atoms with Gasteiger partial charge in [0.1, 0.15) is 6.26 Å². The van der Waals surface area contributed by atoms with Crippen LogP contribution in [0.4, 0.5) is 5.69 Å². The highest BCUT2D eigenvalue weighted by atomic mass is 35.5. The van der Waals surface area contributed by atoms with Crippen molar-refractivity contribution in [3.05, 3.63) is 81.0 Å². The standard InChI is InChI=1S/C19H14Cl2N4O4/c20-12-4-10(5-13(21)17(12)26)18(27)24-15-3-1-2-14-16(15)19(28)25(8-22-14)6-11-7-29-9-23-11/h1-5,7-9,18,24,26-27H,6H2. The highest BCUT2D eigenvalue weighted by Gasteiger charge is 2.16. The Balaban J connectivity index is 1.72. The molecule has 2 heterocycles. The number of nitrogens with one attached hydrogen (secondary N) is 1. The lowest BCUT2D eigenvalue weighted by molar-refractivity contribution is 0.208. The van der Waals surface area contributed by atoms with E-state index in [2.05, 4.69) is 15.3 Å². The van der Waals surface area contributed by atoms with Crippen LogP contribution in [0.5, 0.6) is 5.75 Å². The Hall–Kier alpha value is -3.07. The van der Waals surface area contributed by atoms with Gasteiger partial charge in [-0.3, -0.25) is 9.36 Å². The Labute approximate surface area is 174 Å². The quantitative estimate of drug-likeness (QED) is 0.413. The second-order valence-corrected chi connectivity index (χ2v) is 7.05. The van der Waals surface area contributed by atoms with E-state index >= 15 is 0 Å². The number of hydrogen-bond donors (Lipinski definition) is 3. The number of phenolic OH excluding ortho intramolecular Hbond substituents is 1. The van der Waals surface area contributed by atoms with E-state index in [1.807, 2.05) is 0 Å². The first-order valence-electron chi connectivity index (χ1n) is 8.42. The molecule has 0 amide bonds. The summed E-state index contributed by atoms with van der Waals surface area (Å²) in [4.78, 5) is 21.3. The van der Waals surface area contributed by atoms with Crippen LogP contribution >= 0.6 is 23.2 Å². The number of halogens is 2. The molecule has 0 bridgehead atoms. The van der Waals surface area contributed by atoms with E-state index in [1.165, 1.54) is 35.7 Å². The molecule has 10 heteroatoms. The van der Waals surface area contributed by atoms with Crippen LogP contribution in [0.3, 0.4) is 0 Å². The van der Waals surface area contributed by atoms with Gasteiger partial charge < -0.3 is 19.9 Å². The SMILES string of the molecule is O=c1c2c(NC(O)c3cc(Cl)c(O)c(Cl)c3)cccc2ncn1Cc1cocn1. The lowest BCUT2D eigenvalue weighted by atomic mass is 10.1. The zero-order chi connectivity index (χ0) is 20.5. The Morgan fingerprint density at radius 1 is 1.21 bits per heavy atom. The maximum absolute atomic E-state index is 13.0. The van der Waals surface area contributed by atoms with Crippen molar-refractivity contribution in [3.63, 3.8) is 0 Å². The van der Waals surface area contributed by atoms with Gasteiger partial charge in [0.25, 0.3) is 5.56 Å². The summed E-state index contributed by atoms with van der Waals surface area (Å²) in [5.41, 5.74) is 1.43. The van der Waals surface area contributed by atoms with E-state index in [0.29, 0.717) is 27.8 Å². The van der Waals surface area contributed by atoms with Crippen LogP contribution in [0.2, 0.25) is 10.0 Å². The van der Waals surface area contributed by atoms with Crippen LogP contribution in [0.25, 0.3) is 10.9 Å². The molecule has 0 saturated carbocycles. The Morgan fingerprint density at radius 3 is 2.66 bits per heavy atom. The van der Waals surface area contributed by atoms with Gasteiger partial charge in [-0.2, -0.15) is 0 Å². The van der Waals surface area contributed by atoms with Crippen molar-refractivity contribution in [2.75, 3.05) is 5.32 Å². The summed E-state index contributed by atoms with van der Waals surface area (Å²) in [6.07, 6.45) is 2.92. The number of benzene rings is 2. The predicted molar refractivity (Wildman–Crippen MR) is 108 cm³/mol. The smallest absolute Gasteiger partial charge is 0.263 e. The summed E-state index contributed by atoms with van der Waals surface area (Å²) in [6, 6.07) is 7.82. The zero-order valence-electron chi connectivity index (χ0n) is 14.7. The van der Waals surface area contributed by atoms with Crippen molar-refractivity contribution >= 4 is 39.8 Å². The minimum Gasteiger partial charge on any atom is -0.505 e. The van der Waals surface area contributed by atoms with E-state index in [-0.39, 0.29) is 27.9 Å². The molecular formula is C19H14Cl2N4O4. The van der Waals surface area contributed by atoms with Crippen molar-refractivity contribution in [2.24, 2.45) is 0 Å². The van der Waals surface area contributed by atoms with Crippen LogP contribution < -0.4 is 10.9 Å². The largest absolute Gasteiger partial charge is 0.505 e. The maximum Gasteiger partial charge on any atom is 0.263 e. The molecule has 8 nitrogen and oxygen atoms in total. The first-order chi connectivity index (χ1) is 13.9. The van der Waals surface area contributed by atoms with Crippen molar-refractivity contribution in [1.82, 2.24) is 14.5 Å². The number of nitrogens with zero attached hydrogens (tertiary/aromatic N) is 3. The van der Waals surface area contributed by atoms with Crippen molar-refractivity contribution < 1.29 is 14.6 Å². The average Bonchev–Trinajstić information content (AvgIpc) is 3.21. The molecule has 1 unspecified atom stereocenters. The number of hydrogen-bond acceptors (Lipinski definition) is 7. The van der Waals surface area contributed by atoms with Crippen LogP contribution in [0.1, 0.15) is 17.5 Å². The van der Waals surface area contributed by atoms with Gasteiger partial charge in [0.15, 0.2) is 18.4 Å². The van der Waals surface area contributed by atoms with Crippen LogP contribution in [0.15, 0.2) is 58.5 Å². The fourth-order valence-corrected chi connectivity index (χ4v) is 3.40. The fourth-order valence-electron chi connectivity index (χ4n) is 2.90. The fraction of sp³-hybridized carbons (Fsp3) is 0.105. The van der Waals surface area contributed by atoms with Crippen molar-refractivity contribution in [2.45, 2.75) is 12.8 Å². The Kier molecular flexibility index (Phi) is 5.14. The summed E-state index contributed by atoms with van der Waals surface area (Å²) < 4.78 is 6.33. The molecule has 0 aliphatic heterocycles. The lowest BCUT2D eigenvalue weighted by Crippen LogP contribution is -2.23. The normalized spacial score (nSPS) is 12.2. The number of aliphatic hydroxyl groups excluding tert-OH is 1. The molecular weight excluding hydrogens is 419 g/mol. The van der Waals surface area contributed by atoms with Crippen LogP contribution in [-0.2, 0) is 6.54 Å². The maximum atomic E-state index is 13.0. The highest BCUT2D eigenvalue weighted by Crippen LogP contribution is 2.35. The van der Waals surface area contributed by atoms with E-state index in [9.17, 15) is 15.0 Å². The van der Waals surface area contributed by atoms with Crippen LogP contribution in [-0.4, -0.2) is 24.7 Å². The van der Waals surface area contributed by atoms with E-state index in [0.717, 1.165) is 0 Å². The van der Waals surface area contributed by atoms with Gasteiger partial charge in [-0.15, -0.1) is 0 Å². The topological polar surface area (TPSA) is 113 Å². The molecule has 0 spiro atoms. The van der Waals surface area contributed by atoms with Gasteiger partial charge in [-0.05, 0) is 24.3 Å². The first kappa shape index (κ1) is 19.3. The summed E-state index contributed by atoms with van der Waals surface area (Å²) in [5, 5.41) is 23.4. The minimum atomic E-state index is -1.24. The molecule has 4 aromatic rings. The molecule has 148 valence electrons. The van der Waals surface area contributed by atoms with Gasteiger partial charge in [-0.25, -0.2) is 9.97 Å². The third kappa shape index (κ3) is 3.77. The molecule has 0 aliphatic carbocycles. The summed E-state index contributed by atoms with van der Waals surface area (Å²) in [6.45, 7) is 0.193. The Bertz CT molecular complexity index is 1220. The minimum absolute atomic E-state index is 0.00269. The molecule has 0 saturated heterocycles. The summed E-state index contributed by atoms with van der Waals surface area (Å²) in [7, 11) is 0. The number of aromatic hydroxyl groups is 1. The second-order valence-electron chi connectivity index (χ2n) is 6.24. The molecule has 1 atom stereocenters. The molecule has 0 radical (unpaired) electrons. The molecule has 2 aromatic carbocycles. The number of aliphatic hydroxyl groups is 1. The zero-order valence-corrected chi connectivity index (χ0v) is 16.2. The molecule has 2 aromatic heterocycles. The highest BCUT2D eigenvalue weighted by molar-refractivity contribution is 6.37. The molecule has 0 fully saturated rings. The number of rotatable bonds is 5. The average molecular weight is 433 g/mol. The monoisotopic (exact) mass is 432 g/mol. The third-order valence-corrected chi connectivity index (χ3v) is 4.89. The molecule has 0 aliphatic rings. The predicted octanol–water partition coefficient (Wildman–Crippen LogP) is 3.55. The number of aromatic nitrogens is 3. The second kappa shape index (κ2) is 7.75. The summed E-state index contributed by atoms with van der Waals surface area (Å²) >= 11 is 11.8. The van der Waals surface area contributed by atoms with Gasteiger partial charge in [-0.1, -0.05) is 29.3 Å². The van der Waals surface area contributed by atoms with E-state index < -0.39 is 6.23 Å². The van der Waals surface area contributed by atoms with E-state index in [1.54, 1.807) is 18.2 Å². The molecule has 29 heavy (non-hydrogen) atoms. The van der Waals surface area contributed by atoms with E-state index in [4.69, 9.17) is 27.6 Å². The third-order valence-electron chi connectivity index (χ3n) is 4.32. The van der Waals surface area contributed by atoms with Gasteiger partial charge in [0.05, 0.1) is 45.2 Å². The number of fused-ring (bicyclic) bond motifs is 1. The van der Waals surface area contributed by atoms with Gasteiger partial charge in [0.2, 0.25) is 0 Å². The van der Waals surface area contributed by atoms with Gasteiger partial charge in [0, 0.05) is 5.56 Å². The number of anilines is 1. The van der Waals surface area contributed by atoms with Crippen molar-refractivity contribution in [3.8, 4) is 5.75 Å². The molecule has 3 N–H and O–H groups in total.